The molecule has 146 valence electrons. The monoisotopic (exact) mass is 411 g/mol. The number of hydrogen-bond acceptors (Lipinski definition) is 2. The Morgan fingerprint density at radius 1 is 1.04 bits per heavy atom. The zero-order chi connectivity index (χ0) is 20.8. The first kappa shape index (κ1) is 22.2. The number of carboxylic acid groups (broad SMARTS) is 2. The van der Waals surface area contributed by atoms with Crippen LogP contribution in [-0.2, 0) is 11.3 Å². The first-order chi connectivity index (χ1) is 12.4. The molecule has 2 N–H and O–H groups in total. The number of benzene rings is 2. The lowest BCUT2D eigenvalue weighted by Crippen LogP contribution is -2.29. The highest BCUT2D eigenvalue weighted by molar-refractivity contribution is 6.30. The minimum absolute atomic E-state index is 0.0487. The number of rotatable bonds is 3. The van der Waals surface area contributed by atoms with Crippen LogP contribution in [-0.4, -0.2) is 28.5 Å². The van der Waals surface area contributed by atoms with Crippen LogP contribution in [0.1, 0.15) is 5.56 Å². The maximum atomic E-state index is 13.6. The van der Waals surface area contributed by atoms with Crippen molar-refractivity contribution in [2.75, 3.05) is 4.90 Å². The number of aliphatic carboxylic acids is 1. The molecule has 0 radical (unpaired) electrons. The smallest absolute Gasteiger partial charge is 0.475 e. The van der Waals surface area contributed by atoms with E-state index in [0.29, 0.717) is 5.02 Å². The van der Waals surface area contributed by atoms with E-state index < -0.39 is 29.9 Å². The van der Waals surface area contributed by atoms with Gasteiger partial charge in [0, 0.05) is 16.3 Å². The number of alkyl halides is 3. The van der Waals surface area contributed by atoms with Gasteiger partial charge in [-0.15, -0.1) is 0 Å². The molecule has 2 aromatic carbocycles. The van der Waals surface area contributed by atoms with Crippen LogP contribution in [0.3, 0.4) is 0 Å². The summed E-state index contributed by atoms with van der Waals surface area (Å²) in [6.07, 6.45) is -6.36. The largest absolute Gasteiger partial charge is 0.490 e. The molecule has 0 saturated heterocycles. The Morgan fingerprint density at radius 2 is 1.59 bits per heavy atom. The fourth-order valence-electron chi connectivity index (χ4n) is 1.75. The van der Waals surface area contributed by atoms with Crippen LogP contribution in [0.15, 0.2) is 42.5 Å². The Kier molecular flexibility index (Phi) is 7.53. The lowest BCUT2D eigenvalue weighted by molar-refractivity contribution is -0.192. The third-order valence-corrected chi connectivity index (χ3v) is 3.19. The summed E-state index contributed by atoms with van der Waals surface area (Å²) in [5, 5.41) is 16.7. The molecule has 0 aromatic heterocycles. The number of hydrogen-bond donors (Lipinski definition) is 2. The Bertz CT molecular complexity index is 829. The molecule has 0 aliphatic heterocycles. The summed E-state index contributed by atoms with van der Waals surface area (Å²) < 4.78 is 58.5. The molecule has 0 aliphatic carbocycles. The maximum Gasteiger partial charge on any atom is 0.490 e. The molecule has 2 rings (SSSR count). The SMILES string of the molecule is O=C(O)C(F)(F)F.O=C(O)N(Cc1cccc(F)c1F)c1cccc(Cl)c1. The molecule has 2 aromatic rings. The van der Waals surface area contributed by atoms with Crippen LogP contribution in [0.25, 0.3) is 0 Å². The summed E-state index contributed by atoms with van der Waals surface area (Å²) in [5.41, 5.74) is 0.237. The van der Waals surface area contributed by atoms with Crippen molar-refractivity contribution < 1.29 is 41.8 Å². The van der Waals surface area contributed by atoms with E-state index in [1.165, 1.54) is 24.3 Å². The topological polar surface area (TPSA) is 77.8 Å². The predicted molar refractivity (Wildman–Crippen MR) is 85.7 cm³/mol. The van der Waals surface area contributed by atoms with Gasteiger partial charge in [-0.1, -0.05) is 29.8 Å². The minimum Gasteiger partial charge on any atom is -0.475 e. The highest BCUT2D eigenvalue weighted by atomic mass is 35.5. The second kappa shape index (κ2) is 9.17. The van der Waals surface area contributed by atoms with Gasteiger partial charge >= 0.3 is 18.2 Å². The average molecular weight is 412 g/mol. The summed E-state index contributed by atoms with van der Waals surface area (Å²) in [5.74, 6) is -4.83. The van der Waals surface area contributed by atoms with Crippen LogP contribution in [0.5, 0.6) is 0 Å². The number of halogens is 6. The van der Waals surface area contributed by atoms with Crippen molar-refractivity contribution in [2.24, 2.45) is 0 Å². The second-order valence-corrected chi connectivity index (χ2v) is 5.30. The van der Waals surface area contributed by atoms with Gasteiger partial charge in [0.15, 0.2) is 11.6 Å². The third kappa shape index (κ3) is 6.74. The zero-order valence-electron chi connectivity index (χ0n) is 13.2. The van der Waals surface area contributed by atoms with E-state index in [4.69, 9.17) is 21.5 Å². The number of amides is 1. The first-order valence-corrected chi connectivity index (χ1v) is 7.30. The van der Waals surface area contributed by atoms with Crippen molar-refractivity contribution in [3.05, 3.63) is 64.7 Å². The molecule has 11 heteroatoms. The molecule has 0 aliphatic rings. The van der Waals surface area contributed by atoms with Crippen molar-refractivity contribution >= 4 is 29.4 Å². The summed E-state index contributed by atoms with van der Waals surface area (Å²) in [7, 11) is 0. The highest BCUT2D eigenvalue weighted by Gasteiger charge is 2.38. The molecule has 0 atom stereocenters. The molecule has 0 heterocycles. The fourth-order valence-corrected chi connectivity index (χ4v) is 1.94. The Hall–Kier alpha value is -2.88. The average Bonchev–Trinajstić information content (AvgIpc) is 2.55. The van der Waals surface area contributed by atoms with E-state index in [1.54, 1.807) is 12.1 Å². The minimum atomic E-state index is -5.08. The van der Waals surface area contributed by atoms with Crippen molar-refractivity contribution in [2.45, 2.75) is 12.7 Å². The van der Waals surface area contributed by atoms with Crippen molar-refractivity contribution in [3.63, 3.8) is 0 Å². The van der Waals surface area contributed by atoms with Gasteiger partial charge in [0.2, 0.25) is 0 Å². The van der Waals surface area contributed by atoms with Gasteiger partial charge in [-0.3, -0.25) is 4.90 Å². The molecular formula is C16H11ClF5NO4. The zero-order valence-corrected chi connectivity index (χ0v) is 13.9. The molecule has 0 unspecified atom stereocenters. The van der Waals surface area contributed by atoms with Gasteiger partial charge in [-0.2, -0.15) is 13.2 Å². The number of nitrogens with zero attached hydrogens (tertiary/aromatic N) is 1. The van der Waals surface area contributed by atoms with Crippen LogP contribution < -0.4 is 4.90 Å². The molecule has 0 bridgehead atoms. The van der Waals surface area contributed by atoms with Crippen LogP contribution in [0.4, 0.5) is 32.4 Å². The first-order valence-electron chi connectivity index (χ1n) is 6.92. The van der Waals surface area contributed by atoms with Crippen molar-refractivity contribution in [1.29, 1.82) is 0 Å². The third-order valence-electron chi connectivity index (χ3n) is 2.95. The lowest BCUT2D eigenvalue weighted by Gasteiger charge is -2.20. The summed E-state index contributed by atoms with van der Waals surface area (Å²) >= 11 is 5.80. The summed E-state index contributed by atoms with van der Waals surface area (Å²) in [4.78, 5) is 21.1. The predicted octanol–water partition coefficient (Wildman–Crippen LogP) is 4.94. The molecule has 1 amide bonds. The van der Waals surface area contributed by atoms with Gasteiger partial charge < -0.3 is 10.2 Å². The van der Waals surface area contributed by atoms with Gasteiger partial charge in [0.05, 0.1) is 6.54 Å². The van der Waals surface area contributed by atoms with E-state index in [-0.39, 0.29) is 17.8 Å². The molecule has 0 fully saturated rings. The van der Waals surface area contributed by atoms with Crippen LogP contribution >= 0.6 is 11.6 Å². The van der Waals surface area contributed by atoms with Gasteiger partial charge in [-0.05, 0) is 24.3 Å². The number of carbonyl (C=O) groups is 2. The van der Waals surface area contributed by atoms with E-state index >= 15 is 0 Å². The molecule has 5 nitrogen and oxygen atoms in total. The molecular weight excluding hydrogens is 401 g/mol. The van der Waals surface area contributed by atoms with Gasteiger partial charge in [0.1, 0.15) is 0 Å². The quantitative estimate of drug-likeness (QED) is 0.702. The van der Waals surface area contributed by atoms with Crippen molar-refractivity contribution in [1.82, 2.24) is 0 Å². The molecule has 27 heavy (non-hydrogen) atoms. The fraction of sp³-hybridized carbons (Fsp3) is 0.125. The standard InChI is InChI=1S/C14H10ClF2NO2.C2HF3O2/c15-10-4-2-5-11(7-10)18(14(19)20)8-9-3-1-6-12(16)13(9)17;3-2(4,5)1(6)7/h1-7H,8H2,(H,19,20);(H,6,7). The van der Waals surface area contributed by atoms with E-state index in [0.717, 1.165) is 11.0 Å². The number of carboxylic acids is 1. The second-order valence-electron chi connectivity index (χ2n) is 4.86. The van der Waals surface area contributed by atoms with Gasteiger partial charge in [-0.25, -0.2) is 18.4 Å². The van der Waals surface area contributed by atoms with E-state index in [9.17, 15) is 31.9 Å². The lowest BCUT2D eigenvalue weighted by atomic mass is 10.2. The van der Waals surface area contributed by atoms with E-state index in [2.05, 4.69) is 0 Å². The van der Waals surface area contributed by atoms with Crippen LogP contribution in [0.2, 0.25) is 5.02 Å². The Morgan fingerprint density at radius 3 is 2.07 bits per heavy atom. The Labute approximate surface area is 154 Å². The maximum absolute atomic E-state index is 13.6. The molecule has 0 saturated carbocycles. The molecule has 0 spiro atoms. The summed E-state index contributed by atoms with van der Waals surface area (Å²) in [6, 6.07) is 9.77. The highest BCUT2D eigenvalue weighted by Crippen LogP contribution is 2.23. The van der Waals surface area contributed by atoms with Gasteiger partial charge in [0.25, 0.3) is 0 Å². The number of anilines is 1. The van der Waals surface area contributed by atoms with Crippen molar-refractivity contribution in [3.8, 4) is 0 Å². The Balaban J connectivity index is 0.000000445. The normalized spacial score (nSPS) is 10.6. The summed E-state index contributed by atoms with van der Waals surface area (Å²) in [6.45, 7) is -0.306. The van der Waals surface area contributed by atoms with Crippen LogP contribution in [0, 0.1) is 11.6 Å². The van der Waals surface area contributed by atoms with E-state index in [1.807, 2.05) is 0 Å².